The molecule has 0 radical (unpaired) electrons. The molecule has 0 aromatic heterocycles. The molecule has 4 rings (SSSR count). The summed E-state index contributed by atoms with van der Waals surface area (Å²) in [7, 11) is 3.94. The number of esters is 1. The molecule has 3 N–H and O–H groups in total. The van der Waals surface area contributed by atoms with Gasteiger partial charge in [0.25, 0.3) is 0 Å². The Hall–Kier alpha value is -3.18. The molecule has 1 aromatic rings. The van der Waals surface area contributed by atoms with Gasteiger partial charge in [-0.05, 0) is 24.5 Å². The Balaban J connectivity index is 1.91. The molecule has 2 aliphatic heterocycles. The van der Waals surface area contributed by atoms with Crippen molar-refractivity contribution in [1.29, 1.82) is 0 Å². The van der Waals surface area contributed by atoms with Crippen molar-refractivity contribution in [3.63, 3.8) is 0 Å². The average Bonchev–Trinajstić information content (AvgIpc) is 3.37. The number of benzene rings is 1. The van der Waals surface area contributed by atoms with Gasteiger partial charge in [0.15, 0.2) is 5.54 Å². The molecule has 35 heavy (non-hydrogen) atoms. The second-order valence-electron chi connectivity index (χ2n) is 9.18. The number of likely N-dealkylation sites (tertiary alicyclic amines) is 1. The van der Waals surface area contributed by atoms with Gasteiger partial charge in [0.2, 0.25) is 11.8 Å². The van der Waals surface area contributed by atoms with Crippen LogP contribution in [0.4, 0.5) is 0 Å². The fraction of sp³-hybridized carbons (Fsp3) is 0.583. The van der Waals surface area contributed by atoms with Crippen LogP contribution in [0.15, 0.2) is 12.1 Å². The number of carboxylic acid groups (broad SMARTS) is 1. The molecule has 0 spiro atoms. The van der Waals surface area contributed by atoms with Crippen LogP contribution in [0.5, 0.6) is 11.5 Å². The van der Waals surface area contributed by atoms with E-state index in [1.807, 2.05) is 0 Å². The minimum atomic E-state index is -2.12. The Kier molecular flexibility index (Phi) is 6.74. The number of carbonyl (C=O) groups is 4. The molecule has 1 saturated carbocycles. The van der Waals surface area contributed by atoms with E-state index in [1.165, 1.54) is 38.4 Å². The van der Waals surface area contributed by atoms with Crippen molar-refractivity contribution in [3.05, 3.63) is 23.3 Å². The first-order chi connectivity index (χ1) is 16.7. The molecule has 2 amide bonds. The monoisotopic (exact) mass is 490 g/mol. The number of nitrogens with one attached hydrogen (secondary N) is 1. The van der Waals surface area contributed by atoms with Crippen LogP contribution in [-0.4, -0.2) is 78.4 Å². The molecule has 11 nitrogen and oxygen atoms in total. The van der Waals surface area contributed by atoms with Crippen molar-refractivity contribution >= 4 is 23.8 Å². The number of nitrogens with zero attached hydrogens (tertiary/aromatic N) is 1. The van der Waals surface area contributed by atoms with Crippen LogP contribution in [0, 0.1) is 11.8 Å². The topological polar surface area (TPSA) is 152 Å². The standard InChI is InChI=1S/C24H30N2O9/c1-33-13-9-14(16(22(30)35-3)15(10-13)34-2)19-17-18(24(11-27,25-19)23(31)32)21(29)26(20(17)28)12-7-5-4-6-8-12/h9-10,12,17-19,25,27H,4-8,11H2,1-3H3,(H,31,32). The number of imide groups is 1. The predicted octanol–water partition coefficient (Wildman–Crippen LogP) is 0.884. The number of methoxy groups -OCH3 is 3. The van der Waals surface area contributed by atoms with Gasteiger partial charge >= 0.3 is 11.9 Å². The fourth-order valence-electron chi connectivity index (χ4n) is 5.86. The lowest BCUT2D eigenvalue weighted by Crippen LogP contribution is -2.59. The van der Waals surface area contributed by atoms with Crippen molar-refractivity contribution in [2.75, 3.05) is 27.9 Å². The molecule has 4 unspecified atom stereocenters. The maximum atomic E-state index is 13.8. The number of aliphatic carboxylic acids is 1. The zero-order valence-corrected chi connectivity index (χ0v) is 19.9. The number of hydrogen-bond donors (Lipinski definition) is 3. The molecule has 3 aliphatic rings. The minimum Gasteiger partial charge on any atom is -0.497 e. The molecule has 0 bridgehead atoms. The normalized spacial score (nSPS) is 28.7. The quantitative estimate of drug-likeness (QED) is 0.371. The summed E-state index contributed by atoms with van der Waals surface area (Å²) in [6.07, 6.45) is 4.03. The Morgan fingerprint density at radius 1 is 1.09 bits per heavy atom. The maximum Gasteiger partial charge on any atom is 0.341 e. The average molecular weight is 491 g/mol. The van der Waals surface area contributed by atoms with Crippen LogP contribution in [-0.2, 0) is 19.1 Å². The van der Waals surface area contributed by atoms with Gasteiger partial charge in [-0.2, -0.15) is 0 Å². The minimum absolute atomic E-state index is 0.0254. The van der Waals surface area contributed by atoms with Crippen molar-refractivity contribution in [1.82, 2.24) is 10.2 Å². The van der Waals surface area contributed by atoms with Gasteiger partial charge in [0, 0.05) is 18.2 Å². The number of hydrogen-bond acceptors (Lipinski definition) is 9. The zero-order chi connectivity index (χ0) is 25.5. The highest BCUT2D eigenvalue weighted by molar-refractivity contribution is 6.10. The summed E-state index contributed by atoms with van der Waals surface area (Å²) in [4.78, 5) is 53.9. The summed E-state index contributed by atoms with van der Waals surface area (Å²) >= 11 is 0. The first kappa shape index (κ1) is 24.9. The fourth-order valence-corrected chi connectivity index (χ4v) is 5.86. The van der Waals surface area contributed by atoms with E-state index < -0.39 is 53.8 Å². The SMILES string of the molecule is COC(=O)c1c(OC)cc(OC)cc1C1NC(CO)(C(=O)O)C2C(=O)N(C3CCCCC3)C(=O)C12. The van der Waals surface area contributed by atoms with Crippen LogP contribution < -0.4 is 14.8 Å². The van der Waals surface area contributed by atoms with Crippen LogP contribution in [0.3, 0.4) is 0 Å². The summed E-state index contributed by atoms with van der Waals surface area (Å²) in [5.41, 5.74) is -1.95. The number of amides is 2. The molecule has 2 heterocycles. The molecule has 1 aromatic carbocycles. The van der Waals surface area contributed by atoms with Crippen LogP contribution in [0.25, 0.3) is 0 Å². The lowest BCUT2D eigenvalue weighted by Gasteiger charge is -2.34. The van der Waals surface area contributed by atoms with E-state index in [1.54, 1.807) is 0 Å². The summed E-state index contributed by atoms with van der Waals surface area (Å²) in [6.45, 7) is -0.924. The first-order valence-corrected chi connectivity index (χ1v) is 11.6. The van der Waals surface area contributed by atoms with E-state index in [0.717, 1.165) is 19.3 Å². The van der Waals surface area contributed by atoms with Crippen molar-refractivity contribution in [3.8, 4) is 11.5 Å². The summed E-state index contributed by atoms with van der Waals surface area (Å²) < 4.78 is 15.7. The Morgan fingerprint density at radius 2 is 1.77 bits per heavy atom. The number of aliphatic hydroxyl groups is 1. The van der Waals surface area contributed by atoms with E-state index in [-0.39, 0.29) is 22.9 Å². The lowest BCUT2D eigenvalue weighted by molar-refractivity contribution is -0.154. The summed E-state index contributed by atoms with van der Waals surface area (Å²) in [6, 6.07) is 1.53. The molecule has 11 heteroatoms. The molecular weight excluding hydrogens is 460 g/mol. The maximum absolute atomic E-state index is 13.8. The summed E-state index contributed by atoms with van der Waals surface area (Å²) in [5.74, 6) is -5.48. The number of carboxylic acids is 1. The first-order valence-electron chi connectivity index (χ1n) is 11.6. The number of carbonyl (C=O) groups excluding carboxylic acids is 3. The van der Waals surface area contributed by atoms with Gasteiger partial charge in [-0.1, -0.05) is 19.3 Å². The number of rotatable bonds is 7. The van der Waals surface area contributed by atoms with E-state index in [4.69, 9.17) is 14.2 Å². The smallest absolute Gasteiger partial charge is 0.341 e. The van der Waals surface area contributed by atoms with Crippen LogP contribution in [0.1, 0.15) is 54.1 Å². The molecular formula is C24H30N2O9. The second-order valence-corrected chi connectivity index (χ2v) is 9.18. The Morgan fingerprint density at radius 3 is 2.31 bits per heavy atom. The molecule has 2 saturated heterocycles. The molecule has 190 valence electrons. The lowest BCUT2D eigenvalue weighted by atomic mass is 9.79. The zero-order valence-electron chi connectivity index (χ0n) is 19.9. The third-order valence-corrected chi connectivity index (χ3v) is 7.55. The highest BCUT2D eigenvalue weighted by atomic mass is 16.5. The van der Waals surface area contributed by atoms with E-state index in [0.29, 0.717) is 18.6 Å². The van der Waals surface area contributed by atoms with Gasteiger partial charge in [-0.25, -0.2) is 4.79 Å². The van der Waals surface area contributed by atoms with E-state index in [2.05, 4.69) is 5.32 Å². The Bertz CT molecular complexity index is 1050. The third-order valence-electron chi connectivity index (χ3n) is 7.55. The number of ether oxygens (including phenoxy) is 3. The van der Waals surface area contributed by atoms with Gasteiger partial charge in [-0.15, -0.1) is 0 Å². The molecule has 3 fully saturated rings. The van der Waals surface area contributed by atoms with Crippen LogP contribution in [0.2, 0.25) is 0 Å². The number of fused-ring (bicyclic) bond motifs is 1. The van der Waals surface area contributed by atoms with Gasteiger partial charge < -0.3 is 24.4 Å². The Labute approximate surface area is 202 Å². The molecule has 4 atom stereocenters. The predicted molar refractivity (Wildman–Crippen MR) is 120 cm³/mol. The van der Waals surface area contributed by atoms with E-state index in [9.17, 15) is 29.4 Å². The van der Waals surface area contributed by atoms with Crippen LogP contribution >= 0.6 is 0 Å². The highest BCUT2D eigenvalue weighted by Gasteiger charge is 2.69. The molecule has 1 aliphatic carbocycles. The third kappa shape index (κ3) is 3.73. The largest absolute Gasteiger partial charge is 0.497 e. The number of aliphatic hydroxyl groups excluding tert-OH is 1. The summed E-state index contributed by atoms with van der Waals surface area (Å²) in [5, 5.41) is 23.3. The van der Waals surface area contributed by atoms with Gasteiger partial charge in [0.05, 0.1) is 39.8 Å². The van der Waals surface area contributed by atoms with Crippen molar-refractivity contribution in [2.24, 2.45) is 11.8 Å². The highest BCUT2D eigenvalue weighted by Crippen LogP contribution is 2.51. The van der Waals surface area contributed by atoms with Crippen molar-refractivity contribution < 1.29 is 43.6 Å². The van der Waals surface area contributed by atoms with Gasteiger partial charge in [-0.3, -0.25) is 24.6 Å². The van der Waals surface area contributed by atoms with E-state index >= 15 is 0 Å². The van der Waals surface area contributed by atoms with Gasteiger partial charge in [0.1, 0.15) is 17.1 Å². The van der Waals surface area contributed by atoms with Crippen molar-refractivity contribution in [2.45, 2.75) is 49.7 Å². The second kappa shape index (κ2) is 9.46.